The molecule has 33 heavy (non-hydrogen) atoms. The molecule has 166 valence electrons. The Balaban J connectivity index is 1.41. The van der Waals surface area contributed by atoms with Crippen molar-refractivity contribution >= 4 is 29.4 Å². The van der Waals surface area contributed by atoms with E-state index >= 15 is 0 Å². The third-order valence-electron chi connectivity index (χ3n) is 5.23. The molecule has 7 heteroatoms. The average Bonchev–Trinajstić information content (AvgIpc) is 3.02. The quantitative estimate of drug-likeness (QED) is 0.462. The number of rotatable bonds is 6. The van der Waals surface area contributed by atoms with E-state index in [9.17, 15) is 19.2 Å². The lowest BCUT2D eigenvalue weighted by atomic mass is 10.1. The van der Waals surface area contributed by atoms with Crippen LogP contribution in [0.3, 0.4) is 0 Å². The monoisotopic (exact) mass is 442 g/mol. The van der Waals surface area contributed by atoms with Gasteiger partial charge in [0.15, 0.2) is 6.61 Å². The number of nitrogens with zero attached hydrogens (tertiary/aromatic N) is 1. The Morgan fingerprint density at radius 2 is 1.52 bits per heavy atom. The van der Waals surface area contributed by atoms with E-state index in [0.717, 1.165) is 21.6 Å². The zero-order valence-electron chi connectivity index (χ0n) is 18.3. The number of esters is 1. The molecular formula is C26H22N2O5. The van der Waals surface area contributed by atoms with Gasteiger partial charge in [0.05, 0.1) is 23.2 Å². The summed E-state index contributed by atoms with van der Waals surface area (Å²) in [5.41, 5.74) is 3.91. The molecule has 0 saturated carbocycles. The van der Waals surface area contributed by atoms with Crippen molar-refractivity contribution in [3.05, 3.63) is 100 Å². The van der Waals surface area contributed by atoms with Crippen molar-refractivity contribution in [3.8, 4) is 0 Å². The molecular weight excluding hydrogens is 420 g/mol. The van der Waals surface area contributed by atoms with E-state index in [-0.39, 0.29) is 23.2 Å². The summed E-state index contributed by atoms with van der Waals surface area (Å²) >= 11 is 0. The van der Waals surface area contributed by atoms with Crippen LogP contribution in [0.15, 0.2) is 66.7 Å². The van der Waals surface area contributed by atoms with Crippen molar-refractivity contribution in [2.24, 2.45) is 0 Å². The van der Waals surface area contributed by atoms with Gasteiger partial charge in [-0.1, -0.05) is 36.4 Å². The van der Waals surface area contributed by atoms with Gasteiger partial charge in [-0.2, -0.15) is 0 Å². The zero-order valence-corrected chi connectivity index (χ0v) is 18.3. The minimum absolute atomic E-state index is 0.0932. The van der Waals surface area contributed by atoms with Crippen LogP contribution in [0.25, 0.3) is 0 Å². The molecule has 7 nitrogen and oxygen atoms in total. The van der Waals surface area contributed by atoms with Gasteiger partial charge in [-0.15, -0.1) is 0 Å². The summed E-state index contributed by atoms with van der Waals surface area (Å²) in [6, 6.07) is 19.0. The number of imide groups is 1. The first-order chi connectivity index (χ1) is 15.8. The number of benzene rings is 3. The maximum atomic E-state index is 12.8. The van der Waals surface area contributed by atoms with Crippen LogP contribution < -0.4 is 5.32 Å². The van der Waals surface area contributed by atoms with Gasteiger partial charge in [-0.05, 0) is 60.9 Å². The van der Waals surface area contributed by atoms with Gasteiger partial charge in [-0.25, -0.2) is 4.79 Å². The predicted molar refractivity (Wildman–Crippen MR) is 122 cm³/mol. The molecule has 3 aromatic carbocycles. The molecule has 1 N–H and O–H groups in total. The van der Waals surface area contributed by atoms with Crippen LogP contribution in [0.1, 0.15) is 47.8 Å². The number of nitrogens with one attached hydrogen (secondary N) is 1. The van der Waals surface area contributed by atoms with Gasteiger partial charge >= 0.3 is 5.97 Å². The number of amides is 3. The number of carbonyl (C=O) groups is 4. The maximum Gasteiger partial charge on any atom is 0.338 e. The number of fused-ring (bicyclic) bond motifs is 1. The SMILES string of the molecule is Cc1cc(C)cc(NC(=O)COC(=O)c2ccc3c(c2)C(=O)N(Cc2ccccc2)C3=O)c1. The van der Waals surface area contributed by atoms with E-state index in [0.29, 0.717) is 5.69 Å². The summed E-state index contributed by atoms with van der Waals surface area (Å²) in [7, 11) is 0. The van der Waals surface area contributed by atoms with Crippen molar-refractivity contribution in [1.82, 2.24) is 4.90 Å². The van der Waals surface area contributed by atoms with Gasteiger partial charge in [0, 0.05) is 5.69 Å². The number of hydrogen-bond acceptors (Lipinski definition) is 5. The summed E-state index contributed by atoms with van der Waals surface area (Å²) in [5.74, 6) is -2.11. The second-order valence-corrected chi connectivity index (χ2v) is 7.94. The van der Waals surface area contributed by atoms with Crippen molar-refractivity contribution in [1.29, 1.82) is 0 Å². The first kappa shape index (κ1) is 22.0. The van der Waals surface area contributed by atoms with Gasteiger partial charge in [-0.3, -0.25) is 19.3 Å². The molecule has 0 spiro atoms. The highest BCUT2D eigenvalue weighted by atomic mass is 16.5. The molecule has 1 aliphatic rings. The molecule has 3 amide bonds. The van der Waals surface area contributed by atoms with Crippen LogP contribution in [-0.4, -0.2) is 35.2 Å². The Kier molecular flexibility index (Phi) is 6.04. The van der Waals surface area contributed by atoms with E-state index < -0.39 is 30.3 Å². The second-order valence-electron chi connectivity index (χ2n) is 7.94. The third kappa shape index (κ3) is 4.82. The zero-order chi connectivity index (χ0) is 23.5. The van der Waals surface area contributed by atoms with Gasteiger partial charge in [0.25, 0.3) is 17.7 Å². The van der Waals surface area contributed by atoms with E-state index in [4.69, 9.17) is 4.74 Å². The molecule has 0 unspecified atom stereocenters. The maximum absolute atomic E-state index is 12.8. The Morgan fingerprint density at radius 1 is 0.848 bits per heavy atom. The smallest absolute Gasteiger partial charge is 0.338 e. The highest BCUT2D eigenvalue weighted by molar-refractivity contribution is 6.21. The number of carbonyl (C=O) groups excluding carboxylic acids is 4. The van der Waals surface area contributed by atoms with Crippen LogP contribution >= 0.6 is 0 Å². The van der Waals surface area contributed by atoms with Crippen molar-refractivity contribution < 1.29 is 23.9 Å². The summed E-state index contributed by atoms with van der Waals surface area (Å²) in [6.45, 7) is 3.51. The molecule has 1 aliphatic heterocycles. The standard InChI is InChI=1S/C26H22N2O5/c1-16-10-17(2)12-20(11-16)27-23(29)15-33-26(32)19-8-9-21-22(13-19)25(31)28(24(21)30)14-18-6-4-3-5-7-18/h3-13H,14-15H2,1-2H3,(H,27,29). The third-order valence-corrected chi connectivity index (χ3v) is 5.23. The molecule has 0 aromatic heterocycles. The van der Waals surface area contributed by atoms with Crippen LogP contribution in [0.4, 0.5) is 5.69 Å². The highest BCUT2D eigenvalue weighted by Crippen LogP contribution is 2.26. The van der Waals surface area contributed by atoms with Crippen LogP contribution in [-0.2, 0) is 16.1 Å². The first-order valence-electron chi connectivity index (χ1n) is 10.4. The highest BCUT2D eigenvalue weighted by Gasteiger charge is 2.36. The fraction of sp³-hybridized carbons (Fsp3) is 0.154. The lowest BCUT2D eigenvalue weighted by Crippen LogP contribution is -2.29. The Hall–Kier alpha value is -4.26. The molecule has 0 atom stereocenters. The van der Waals surface area contributed by atoms with Crippen molar-refractivity contribution in [3.63, 3.8) is 0 Å². The molecule has 4 rings (SSSR count). The van der Waals surface area contributed by atoms with E-state index in [1.807, 2.05) is 62.4 Å². The fourth-order valence-electron chi connectivity index (χ4n) is 3.79. The van der Waals surface area contributed by atoms with Gasteiger partial charge < -0.3 is 10.1 Å². The lowest BCUT2D eigenvalue weighted by molar-refractivity contribution is -0.119. The van der Waals surface area contributed by atoms with Crippen LogP contribution in [0, 0.1) is 13.8 Å². The van der Waals surface area contributed by atoms with Gasteiger partial charge in [0.2, 0.25) is 0 Å². The largest absolute Gasteiger partial charge is 0.452 e. The number of aryl methyl sites for hydroxylation is 2. The average molecular weight is 442 g/mol. The molecule has 1 heterocycles. The van der Waals surface area contributed by atoms with Gasteiger partial charge in [0.1, 0.15) is 0 Å². The topological polar surface area (TPSA) is 92.8 Å². The van der Waals surface area contributed by atoms with Crippen molar-refractivity contribution in [2.45, 2.75) is 20.4 Å². The van der Waals surface area contributed by atoms with Crippen LogP contribution in [0.5, 0.6) is 0 Å². The molecule has 0 saturated heterocycles. The van der Waals surface area contributed by atoms with E-state index in [1.165, 1.54) is 18.2 Å². The first-order valence-corrected chi connectivity index (χ1v) is 10.4. The number of ether oxygens (including phenoxy) is 1. The molecule has 0 bridgehead atoms. The molecule has 0 aliphatic carbocycles. The predicted octanol–water partition coefficient (Wildman–Crippen LogP) is 3.90. The Morgan fingerprint density at radius 3 is 2.21 bits per heavy atom. The summed E-state index contributed by atoms with van der Waals surface area (Å²) in [5, 5.41) is 2.69. The Labute approximate surface area is 191 Å². The second kappa shape index (κ2) is 9.08. The fourth-order valence-corrected chi connectivity index (χ4v) is 3.79. The molecule has 0 fully saturated rings. The lowest BCUT2D eigenvalue weighted by Gasteiger charge is -2.13. The molecule has 3 aromatic rings. The number of anilines is 1. The van der Waals surface area contributed by atoms with Crippen molar-refractivity contribution in [2.75, 3.05) is 11.9 Å². The Bertz CT molecular complexity index is 1250. The number of hydrogen-bond donors (Lipinski definition) is 1. The van der Waals surface area contributed by atoms with E-state index in [2.05, 4.69) is 5.32 Å². The minimum Gasteiger partial charge on any atom is -0.452 e. The van der Waals surface area contributed by atoms with Crippen LogP contribution in [0.2, 0.25) is 0 Å². The van der Waals surface area contributed by atoms with E-state index in [1.54, 1.807) is 0 Å². The minimum atomic E-state index is -0.755. The summed E-state index contributed by atoms with van der Waals surface area (Å²) in [4.78, 5) is 51.2. The molecule has 0 radical (unpaired) electrons. The summed E-state index contributed by atoms with van der Waals surface area (Å²) in [6.07, 6.45) is 0. The summed E-state index contributed by atoms with van der Waals surface area (Å²) < 4.78 is 5.11. The normalized spacial score (nSPS) is 12.5.